The molecule has 3 saturated carbocycles. The van der Waals surface area contributed by atoms with Crippen molar-refractivity contribution in [2.75, 3.05) is 30.1 Å². The smallest absolute Gasteiger partial charge is 0.748 e. The van der Waals surface area contributed by atoms with Crippen LogP contribution in [0, 0.1) is 11.8 Å². The Bertz CT molecular complexity index is 1420. The molecule has 0 bridgehead atoms. The standard InChI is InChI=1S/C26H50N6O13S6.4Na/c1-43-22-14-18(32-31-17-5-4-16-12-19(48-45-44-33)15-23(20(16)13-17)51(40,41)42)6-7-21(22)27-24-28-25(46-8-2-10-49(34,35)36)30-26(29-24)47-9-3-11-50(37,38)39;;;;/h16-30,33H,2-15H2,1H3,(H,34,35,36)(H,37,38,39)(H,40,41,42);;;;/q;4*+1/p-4. The molecule has 19 nitrogen and oxygen atoms in total. The van der Waals surface area contributed by atoms with Crippen LogP contribution in [0.15, 0.2) is 10.2 Å². The largest absolute Gasteiger partial charge is 1.00 e. The van der Waals surface area contributed by atoms with Crippen LogP contribution in [0.1, 0.15) is 64.2 Å². The van der Waals surface area contributed by atoms with Gasteiger partial charge >= 0.3 is 118 Å². The van der Waals surface area contributed by atoms with Crippen LogP contribution in [0.25, 0.3) is 0 Å². The quantitative estimate of drug-likeness (QED) is 0.0178. The van der Waals surface area contributed by atoms with Gasteiger partial charge in [0.2, 0.25) is 0 Å². The molecule has 0 amide bonds. The number of methoxy groups -OCH3 is 1. The molecule has 3 aliphatic carbocycles. The second kappa shape index (κ2) is 28.8. The first kappa shape index (κ1) is 59.1. The number of fused-ring (bicyclic) bond motifs is 1. The van der Waals surface area contributed by atoms with Crippen LogP contribution in [-0.2, 0) is 44.5 Å². The molecule has 10 atom stereocenters. The van der Waals surface area contributed by atoms with Gasteiger partial charge in [-0.3, -0.25) is 26.3 Å². The molecule has 0 aromatic rings. The topological polar surface area (TPSA) is 295 Å². The molecular weight excluding hydrogens is 889 g/mol. The van der Waals surface area contributed by atoms with Crippen molar-refractivity contribution < 1.29 is 177 Å². The molecule has 4 aliphatic rings. The molecule has 1 heterocycles. The van der Waals surface area contributed by atoms with Crippen LogP contribution >= 0.6 is 35.6 Å². The van der Waals surface area contributed by atoms with Gasteiger partial charge in [0.1, 0.15) is 17.3 Å². The Balaban J connectivity index is 0.00000729. The Kier molecular flexibility index (Phi) is 30.9. The van der Waals surface area contributed by atoms with E-state index in [2.05, 4.69) is 40.9 Å². The minimum absolute atomic E-state index is 0. The molecule has 1 aliphatic heterocycles. The second-order valence-corrected chi connectivity index (χ2v) is 21.2. The van der Waals surface area contributed by atoms with Crippen LogP contribution in [0.5, 0.6) is 0 Å². The molecule has 0 spiro atoms. The predicted octanol–water partition coefficient (Wildman–Crippen LogP) is -12.3. The summed E-state index contributed by atoms with van der Waals surface area (Å²) in [5, 5.41) is 35.1. The van der Waals surface area contributed by atoms with E-state index in [0.29, 0.717) is 56.5 Å². The van der Waals surface area contributed by atoms with E-state index >= 15 is 0 Å². The fourth-order valence-electron chi connectivity index (χ4n) is 7.26. The summed E-state index contributed by atoms with van der Waals surface area (Å²) in [6.07, 6.45) is 4.16. The van der Waals surface area contributed by atoms with Crippen molar-refractivity contribution in [3.63, 3.8) is 0 Å². The van der Waals surface area contributed by atoms with E-state index in [4.69, 9.17) is 4.74 Å². The summed E-state index contributed by atoms with van der Waals surface area (Å²) in [7, 11) is -11.6. The van der Waals surface area contributed by atoms with Crippen molar-refractivity contribution >= 4 is 65.9 Å². The van der Waals surface area contributed by atoms with Crippen LogP contribution in [0.3, 0.4) is 0 Å². The fraction of sp³-hybridized carbons (Fsp3) is 1.00. The molecule has 1 saturated heterocycles. The van der Waals surface area contributed by atoms with Crippen molar-refractivity contribution in [2.45, 2.75) is 116 Å². The SMILES string of the molecule is COC1CC(N=NC2CCC3CC(SOO[O-])CC(S(=O)(=O)[O-])C3C2)CCC1NC1NC(SCCCS(=O)(=O)[O-])NC(SCCCS(=O)(=O)[O-])N1.[Na+].[Na+].[Na+].[Na+]. The number of thioether (sulfide) groups is 2. The average Bonchev–Trinajstić information content (AvgIpc) is 3.05. The molecule has 55 heavy (non-hydrogen) atoms. The maximum absolute atomic E-state index is 12.2. The van der Waals surface area contributed by atoms with Crippen molar-refractivity contribution in [1.82, 2.24) is 21.3 Å². The third kappa shape index (κ3) is 22.0. The summed E-state index contributed by atoms with van der Waals surface area (Å²) in [6.45, 7) is 0. The van der Waals surface area contributed by atoms with Gasteiger partial charge in [-0.15, -0.1) is 23.5 Å². The number of nitrogens with one attached hydrogen (secondary N) is 4. The Morgan fingerprint density at radius 3 is 1.80 bits per heavy atom. The summed E-state index contributed by atoms with van der Waals surface area (Å²) < 4.78 is 113. The van der Waals surface area contributed by atoms with Gasteiger partial charge in [-0.1, -0.05) is 0 Å². The van der Waals surface area contributed by atoms with Gasteiger partial charge in [0.25, 0.3) is 0 Å². The molecule has 0 radical (unpaired) electrons. The molecule has 0 aromatic heterocycles. The zero-order chi connectivity index (χ0) is 37.2. The molecule has 29 heteroatoms. The number of ether oxygens (including phenoxy) is 1. The van der Waals surface area contributed by atoms with Crippen molar-refractivity contribution in [3.05, 3.63) is 0 Å². The van der Waals surface area contributed by atoms with E-state index in [9.17, 15) is 44.2 Å². The van der Waals surface area contributed by atoms with Crippen LogP contribution in [0.4, 0.5) is 0 Å². The van der Waals surface area contributed by atoms with Crippen LogP contribution in [0.2, 0.25) is 0 Å². The van der Waals surface area contributed by atoms with E-state index in [-0.39, 0.29) is 190 Å². The minimum atomic E-state index is -4.59. The first-order valence-corrected chi connectivity index (χ1v) is 24.2. The number of azo groups is 1. The van der Waals surface area contributed by atoms with Crippen molar-refractivity contribution in [1.29, 1.82) is 0 Å². The maximum Gasteiger partial charge on any atom is 1.00 e. The monoisotopic (exact) mass is 934 g/mol. The number of hydrogen-bond acceptors (Lipinski definition) is 22. The molecule has 10 unspecified atom stereocenters. The average molecular weight is 935 g/mol. The van der Waals surface area contributed by atoms with Gasteiger partial charge in [0.15, 0.2) is 0 Å². The summed E-state index contributed by atoms with van der Waals surface area (Å²) in [5.74, 6) is -0.513. The number of nitrogens with zero attached hydrogens (tertiary/aromatic N) is 2. The minimum Gasteiger partial charge on any atom is -0.748 e. The molecule has 4 rings (SSSR count). The maximum atomic E-state index is 12.2. The van der Waals surface area contributed by atoms with E-state index < -0.39 is 53.4 Å². The Labute approximate surface area is 426 Å². The second-order valence-electron chi connectivity index (χ2n) is 13.2. The normalized spacial score (nSPS) is 32.9. The van der Waals surface area contributed by atoms with E-state index in [1.165, 1.54) is 23.5 Å². The molecule has 298 valence electrons. The van der Waals surface area contributed by atoms with Crippen molar-refractivity contribution in [2.24, 2.45) is 22.1 Å². The Hall–Kier alpha value is 4.06. The van der Waals surface area contributed by atoms with E-state index in [1.54, 1.807) is 7.11 Å². The molecular formula is C26H46N6Na4O13S6. The number of rotatable bonds is 19. The van der Waals surface area contributed by atoms with Gasteiger partial charge in [-0.05, 0) is 87.5 Å². The molecule has 4 fully saturated rings. The van der Waals surface area contributed by atoms with Gasteiger partial charge in [0.05, 0.1) is 53.8 Å². The van der Waals surface area contributed by atoms with Crippen LogP contribution < -0.4 is 145 Å². The predicted molar refractivity (Wildman–Crippen MR) is 185 cm³/mol. The third-order valence-corrected chi connectivity index (χ3v) is 15.5. The van der Waals surface area contributed by atoms with E-state index in [0.717, 1.165) is 12.0 Å². The molecule has 4 N–H and O–H groups in total. The zero-order valence-electron chi connectivity index (χ0n) is 31.9. The Morgan fingerprint density at radius 1 is 0.745 bits per heavy atom. The van der Waals surface area contributed by atoms with Crippen molar-refractivity contribution in [3.8, 4) is 0 Å². The summed E-state index contributed by atoms with van der Waals surface area (Å²) in [5.41, 5.74) is -0.685. The van der Waals surface area contributed by atoms with Crippen LogP contribution in [-0.4, -0.2) is 121 Å². The Morgan fingerprint density at radius 2 is 1.29 bits per heavy atom. The molecule has 0 aromatic carbocycles. The number of hydrogen-bond donors (Lipinski definition) is 4. The van der Waals surface area contributed by atoms with E-state index in [1.807, 2.05) is 0 Å². The van der Waals surface area contributed by atoms with Gasteiger partial charge < -0.3 is 23.7 Å². The summed E-state index contributed by atoms with van der Waals surface area (Å²) in [4.78, 5) is 0. The third-order valence-electron chi connectivity index (χ3n) is 9.56. The summed E-state index contributed by atoms with van der Waals surface area (Å²) in [6, 6.07) is -0.442. The first-order valence-electron chi connectivity index (χ1n) is 16.7. The van der Waals surface area contributed by atoms with Gasteiger partial charge in [0, 0.05) is 42.0 Å². The zero-order valence-corrected chi connectivity index (χ0v) is 44.8. The van der Waals surface area contributed by atoms with Gasteiger partial charge in [-0.2, -0.15) is 14.6 Å². The first-order chi connectivity index (χ1) is 24.0. The van der Waals surface area contributed by atoms with Gasteiger partial charge in [-0.25, -0.2) is 25.3 Å². The summed E-state index contributed by atoms with van der Waals surface area (Å²) >= 11 is 3.54. The fourth-order valence-corrected chi connectivity index (χ4v) is 12.8.